The van der Waals surface area contributed by atoms with E-state index in [1.165, 1.54) is 12.1 Å². The molecule has 1 atom stereocenters. The summed E-state index contributed by atoms with van der Waals surface area (Å²) in [4.78, 5) is 14.6. The highest BCUT2D eigenvalue weighted by Crippen LogP contribution is 2.32. The van der Waals surface area contributed by atoms with E-state index in [1.54, 1.807) is 15.6 Å². The van der Waals surface area contributed by atoms with E-state index in [0.717, 1.165) is 29.5 Å². The van der Waals surface area contributed by atoms with Crippen LogP contribution in [0.5, 0.6) is 0 Å². The zero-order chi connectivity index (χ0) is 22.0. The van der Waals surface area contributed by atoms with Gasteiger partial charge in [-0.1, -0.05) is 35.9 Å². The molecular weight excluding hydrogens is 393 g/mol. The largest absolute Gasteiger partial charge is 0.340 e. The Morgan fingerprint density at radius 3 is 2.68 bits per heavy atom. The molecule has 3 aromatic rings. The number of aryl methyl sites for hydroxylation is 1. The zero-order valence-electron chi connectivity index (χ0n) is 17.4. The summed E-state index contributed by atoms with van der Waals surface area (Å²) in [6, 6.07) is 14.2. The van der Waals surface area contributed by atoms with Crippen molar-refractivity contribution in [3.63, 3.8) is 0 Å². The summed E-state index contributed by atoms with van der Waals surface area (Å²) < 4.78 is 15.9. The van der Waals surface area contributed by atoms with E-state index in [0.29, 0.717) is 24.3 Å². The number of rotatable bonds is 4. The number of piperidine rings is 1. The van der Waals surface area contributed by atoms with Gasteiger partial charge in [0.25, 0.3) is 0 Å². The molecule has 7 heteroatoms. The topological polar surface area (TPSA) is 87.9 Å². The smallest absolute Gasteiger partial charge is 0.244 e. The van der Waals surface area contributed by atoms with Crippen LogP contribution in [0.2, 0.25) is 0 Å². The molecule has 0 aliphatic carbocycles. The van der Waals surface area contributed by atoms with Gasteiger partial charge in [-0.15, -0.1) is 0 Å². The number of hydrogen-bond donors (Lipinski definition) is 1. The highest BCUT2D eigenvalue weighted by atomic mass is 19.1. The van der Waals surface area contributed by atoms with Gasteiger partial charge in [0.2, 0.25) is 5.91 Å². The molecule has 0 radical (unpaired) electrons. The minimum Gasteiger partial charge on any atom is -0.340 e. The first-order chi connectivity index (χ1) is 14.9. The summed E-state index contributed by atoms with van der Waals surface area (Å²) >= 11 is 0. The van der Waals surface area contributed by atoms with E-state index < -0.39 is 5.82 Å². The van der Waals surface area contributed by atoms with E-state index in [1.807, 2.05) is 43.5 Å². The Labute approximate surface area is 180 Å². The van der Waals surface area contributed by atoms with Gasteiger partial charge in [-0.25, -0.2) is 4.39 Å². The summed E-state index contributed by atoms with van der Waals surface area (Å²) in [7, 11) is 0. The molecule has 0 bridgehead atoms. The number of nitriles is 1. The van der Waals surface area contributed by atoms with Crippen LogP contribution in [0.4, 0.5) is 4.39 Å². The molecule has 1 aromatic heterocycles. The van der Waals surface area contributed by atoms with Gasteiger partial charge >= 0.3 is 0 Å². The van der Waals surface area contributed by atoms with Crippen LogP contribution in [-0.2, 0) is 11.3 Å². The number of amides is 1. The molecular formula is C24H24FN5O. The molecule has 1 aliphatic heterocycles. The van der Waals surface area contributed by atoms with Crippen molar-refractivity contribution in [1.29, 1.82) is 5.26 Å². The fraction of sp³-hybridized carbons (Fsp3) is 0.292. The SMILES string of the molecule is Cc1ccc(-c2cn(CC(=O)N3CCC[C@@H](N)C3)nc2-c2ccc(C#N)c(F)c2)cc1. The van der Waals surface area contributed by atoms with Crippen LogP contribution in [0.15, 0.2) is 48.7 Å². The average molecular weight is 417 g/mol. The Morgan fingerprint density at radius 2 is 2.00 bits per heavy atom. The van der Waals surface area contributed by atoms with Gasteiger partial charge < -0.3 is 10.6 Å². The first-order valence-electron chi connectivity index (χ1n) is 10.3. The molecule has 2 heterocycles. The lowest BCUT2D eigenvalue weighted by Gasteiger charge is -2.30. The van der Waals surface area contributed by atoms with Crippen LogP contribution < -0.4 is 5.73 Å². The van der Waals surface area contributed by atoms with Gasteiger partial charge in [0.05, 0.1) is 5.56 Å². The first kappa shape index (κ1) is 20.8. The van der Waals surface area contributed by atoms with Crippen LogP contribution in [0.1, 0.15) is 24.0 Å². The van der Waals surface area contributed by atoms with Gasteiger partial charge in [-0.3, -0.25) is 9.48 Å². The minimum atomic E-state index is -0.595. The zero-order valence-corrected chi connectivity index (χ0v) is 17.4. The molecule has 158 valence electrons. The second-order valence-corrected chi connectivity index (χ2v) is 8.00. The van der Waals surface area contributed by atoms with Crippen molar-refractivity contribution in [2.45, 2.75) is 32.4 Å². The fourth-order valence-corrected chi connectivity index (χ4v) is 3.89. The second kappa shape index (κ2) is 8.70. The number of hydrogen-bond acceptors (Lipinski definition) is 4. The number of carbonyl (C=O) groups excluding carboxylic acids is 1. The van der Waals surface area contributed by atoms with Crippen molar-refractivity contribution in [3.05, 3.63) is 65.6 Å². The minimum absolute atomic E-state index is 0.00984. The molecule has 0 unspecified atom stereocenters. The Kier molecular flexibility index (Phi) is 5.83. The van der Waals surface area contributed by atoms with Gasteiger partial charge in [-0.2, -0.15) is 10.4 Å². The lowest BCUT2D eigenvalue weighted by Crippen LogP contribution is -2.46. The van der Waals surface area contributed by atoms with Crippen molar-refractivity contribution < 1.29 is 9.18 Å². The van der Waals surface area contributed by atoms with Crippen LogP contribution in [0.3, 0.4) is 0 Å². The number of nitrogens with two attached hydrogens (primary N) is 1. The number of nitrogens with zero attached hydrogens (tertiary/aromatic N) is 4. The predicted octanol–water partition coefficient (Wildman–Crippen LogP) is 3.49. The van der Waals surface area contributed by atoms with Crippen LogP contribution >= 0.6 is 0 Å². The third-order valence-electron chi connectivity index (χ3n) is 5.60. The van der Waals surface area contributed by atoms with Crippen LogP contribution in [0.25, 0.3) is 22.4 Å². The monoisotopic (exact) mass is 417 g/mol. The third-order valence-corrected chi connectivity index (χ3v) is 5.60. The van der Waals surface area contributed by atoms with Gasteiger partial charge in [0.15, 0.2) is 0 Å². The second-order valence-electron chi connectivity index (χ2n) is 8.00. The Bertz CT molecular complexity index is 1150. The molecule has 1 fully saturated rings. The van der Waals surface area contributed by atoms with E-state index in [2.05, 4.69) is 5.10 Å². The number of halogens is 1. The normalized spacial score (nSPS) is 16.2. The first-order valence-corrected chi connectivity index (χ1v) is 10.3. The van der Waals surface area contributed by atoms with Crippen molar-refractivity contribution in [2.75, 3.05) is 13.1 Å². The van der Waals surface area contributed by atoms with Crippen molar-refractivity contribution in [2.24, 2.45) is 5.73 Å². The number of likely N-dealkylation sites (tertiary alicyclic amines) is 1. The maximum absolute atomic E-state index is 14.3. The average Bonchev–Trinajstić information content (AvgIpc) is 3.18. The highest BCUT2D eigenvalue weighted by Gasteiger charge is 2.23. The predicted molar refractivity (Wildman–Crippen MR) is 116 cm³/mol. The Hall–Kier alpha value is -3.50. The van der Waals surface area contributed by atoms with Gasteiger partial charge in [-0.05, 0) is 37.5 Å². The van der Waals surface area contributed by atoms with E-state index in [4.69, 9.17) is 11.0 Å². The Morgan fingerprint density at radius 1 is 1.26 bits per heavy atom. The molecule has 1 amide bonds. The maximum atomic E-state index is 14.3. The molecule has 2 aromatic carbocycles. The highest BCUT2D eigenvalue weighted by molar-refractivity contribution is 5.82. The van der Waals surface area contributed by atoms with Gasteiger partial charge in [0.1, 0.15) is 24.1 Å². The summed E-state index contributed by atoms with van der Waals surface area (Å²) in [5, 5.41) is 13.6. The molecule has 4 rings (SSSR count). The summed E-state index contributed by atoms with van der Waals surface area (Å²) in [6.45, 7) is 3.35. The van der Waals surface area contributed by atoms with Crippen LogP contribution in [-0.4, -0.2) is 39.7 Å². The molecule has 31 heavy (non-hydrogen) atoms. The summed E-state index contributed by atoms with van der Waals surface area (Å²) in [5.41, 5.74) is 9.96. The van der Waals surface area contributed by atoms with E-state index in [-0.39, 0.29) is 24.1 Å². The molecule has 1 aliphatic rings. The fourth-order valence-electron chi connectivity index (χ4n) is 3.89. The standard InChI is InChI=1S/C24H24FN5O/c1-16-4-6-17(7-5-16)21-14-30(15-23(31)29-10-2-3-20(27)13-29)28-24(21)18-8-9-19(12-26)22(25)11-18/h4-9,11,14,20H,2-3,10,13,15,27H2,1H3/t20-/m1/s1. The van der Waals surface area contributed by atoms with Crippen molar-refractivity contribution >= 4 is 5.91 Å². The molecule has 0 saturated carbocycles. The summed E-state index contributed by atoms with van der Waals surface area (Å²) in [6.07, 6.45) is 3.64. The lowest BCUT2D eigenvalue weighted by atomic mass is 10.00. The number of aromatic nitrogens is 2. The third kappa shape index (κ3) is 4.49. The van der Waals surface area contributed by atoms with E-state index in [9.17, 15) is 9.18 Å². The summed E-state index contributed by atoms with van der Waals surface area (Å²) in [5.74, 6) is -0.631. The van der Waals surface area contributed by atoms with E-state index >= 15 is 0 Å². The molecule has 1 saturated heterocycles. The molecule has 6 nitrogen and oxygen atoms in total. The lowest BCUT2D eigenvalue weighted by molar-refractivity contribution is -0.133. The molecule has 0 spiro atoms. The van der Waals surface area contributed by atoms with Crippen LogP contribution in [0, 0.1) is 24.1 Å². The maximum Gasteiger partial charge on any atom is 0.244 e. The van der Waals surface area contributed by atoms with Crippen molar-refractivity contribution in [1.82, 2.24) is 14.7 Å². The molecule has 2 N–H and O–H groups in total. The van der Waals surface area contributed by atoms with Gasteiger partial charge in [0, 0.05) is 36.5 Å². The quantitative estimate of drug-likeness (QED) is 0.704. The Balaban J connectivity index is 1.70. The van der Waals surface area contributed by atoms with Crippen molar-refractivity contribution in [3.8, 4) is 28.5 Å². The number of benzene rings is 2. The number of carbonyl (C=O) groups is 1.